The van der Waals surface area contributed by atoms with E-state index in [-0.39, 0.29) is 12.3 Å². The van der Waals surface area contributed by atoms with Crippen molar-refractivity contribution in [3.63, 3.8) is 0 Å². The molecule has 0 aliphatic heterocycles. The van der Waals surface area contributed by atoms with Gasteiger partial charge >= 0.3 is 6.18 Å². The third-order valence-electron chi connectivity index (χ3n) is 1.88. The van der Waals surface area contributed by atoms with Gasteiger partial charge in [0.1, 0.15) is 6.54 Å². The van der Waals surface area contributed by atoms with Gasteiger partial charge in [0.25, 0.3) is 5.91 Å². The van der Waals surface area contributed by atoms with Crippen molar-refractivity contribution >= 4 is 5.91 Å². The third-order valence-corrected chi connectivity index (χ3v) is 1.88. The van der Waals surface area contributed by atoms with Crippen LogP contribution in [0.25, 0.3) is 0 Å². The van der Waals surface area contributed by atoms with Crippen molar-refractivity contribution < 1.29 is 22.4 Å². The van der Waals surface area contributed by atoms with Crippen molar-refractivity contribution in [1.82, 2.24) is 4.90 Å². The van der Waals surface area contributed by atoms with E-state index in [1.807, 2.05) is 0 Å². The standard InChI is InChI=1S/C10H12F3NO2/c1-2-5-14(7-10(11,12)13)9(15)8-4-3-6-16-8/h3-4,6H,2,5,7H2,1H3. The lowest BCUT2D eigenvalue weighted by molar-refractivity contribution is -0.140. The topological polar surface area (TPSA) is 33.5 Å². The zero-order chi connectivity index (χ0) is 12.2. The summed E-state index contributed by atoms with van der Waals surface area (Å²) in [6, 6.07) is 2.81. The minimum atomic E-state index is -4.39. The second-order valence-electron chi connectivity index (χ2n) is 3.32. The third kappa shape index (κ3) is 3.60. The van der Waals surface area contributed by atoms with E-state index >= 15 is 0 Å². The summed E-state index contributed by atoms with van der Waals surface area (Å²) >= 11 is 0. The Bertz CT molecular complexity index is 332. The lowest BCUT2D eigenvalue weighted by Crippen LogP contribution is -2.39. The van der Waals surface area contributed by atoms with Gasteiger partial charge in [-0.25, -0.2) is 0 Å². The average Bonchev–Trinajstić information content (AvgIpc) is 2.66. The molecule has 1 amide bonds. The van der Waals surface area contributed by atoms with E-state index in [1.54, 1.807) is 6.92 Å². The Morgan fingerprint density at radius 2 is 2.19 bits per heavy atom. The van der Waals surface area contributed by atoms with E-state index in [4.69, 9.17) is 4.42 Å². The Balaban J connectivity index is 2.74. The first kappa shape index (κ1) is 12.6. The van der Waals surface area contributed by atoms with Crippen LogP contribution < -0.4 is 0 Å². The molecule has 1 rings (SSSR count). The fourth-order valence-electron chi connectivity index (χ4n) is 1.29. The van der Waals surface area contributed by atoms with E-state index in [2.05, 4.69) is 0 Å². The van der Waals surface area contributed by atoms with Crippen LogP contribution in [0.4, 0.5) is 13.2 Å². The summed E-state index contributed by atoms with van der Waals surface area (Å²) in [5, 5.41) is 0. The molecule has 0 aromatic carbocycles. The first-order valence-electron chi connectivity index (χ1n) is 4.83. The van der Waals surface area contributed by atoms with Crippen LogP contribution in [-0.2, 0) is 0 Å². The fourth-order valence-corrected chi connectivity index (χ4v) is 1.29. The van der Waals surface area contributed by atoms with Gasteiger partial charge in [0.15, 0.2) is 5.76 Å². The number of hydrogen-bond acceptors (Lipinski definition) is 2. The second-order valence-corrected chi connectivity index (χ2v) is 3.32. The van der Waals surface area contributed by atoms with Gasteiger partial charge in [-0.3, -0.25) is 4.79 Å². The molecule has 0 fully saturated rings. The summed E-state index contributed by atoms with van der Waals surface area (Å²) in [6.45, 7) is 0.512. The highest BCUT2D eigenvalue weighted by Gasteiger charge is 2.33. The predicted octanol–water partition coefficient (Wildman–Crippen LogP) is 2.69. The maximum absolute atomic E-state index is 12.2. The van der Waals surface area contributed by atoms with Crippen LogP contribution >= 0.6 is 0 Å². The maximum Gasteiger partial charge on any atom is 0.406 e. The first-order valence-corrected chi connectivity index (χ1v) is 4.83. The lowest BCUT2D eigenvalue weighted by atomic mass is 10.3. The first-order chi connectivity index (χ1) is 7.44. The molecule has 6 heteroatoms. The molecule has 1 aromatic rings. The fraction of sp³-hybridized carbons (Fsp3) is 0.500. The van der Waals surface area contributed by atoms with Gasteiger partial charge < -0.3 is 9.32 Å². The van der Waals surface area contributed by atoms with E-state index in [0.29, 0.717) is 6.42 Å². The Morgan fingerprint density at radius 1 is 1.50 bits per heavy atom. The van der Waals surface area contributed by atoms with E-state index in [9.17, 15) is 18.0 Å². The van der Waals surface area contributed by atoms with Gasteiger partial charge in [0, 0.05) is 6.54 Å². The lowest BCUT2D eigenvalue weighted by Gasteiger charge is -2.22. The molecule has 90 valence electrons. The van der Waals surface area contributed by atoms with Gasteiger partial charge in [0.05, 0.1) is 6.26 Å². The molecular weight excluding hydrogens is 223 g/mol. The molecule has 1 heterocycles. The van der Waals surface area contributed by atoms with Gasteiger partial charge in [-0.1, -0.05) is 6.92 Å². The van der Waals surface area contributed by atoms with Crippen molar-refractivity contribution in [1.29, 1.82) is 0 Å². The van der Waals surface area contributed by atoms with E-state index in [0.717, 1.165) is 4.90 Å². The van der Waals surface area contributed by atoms with Crippen LogP contribution in [0.5, 0.6) is 0 Å². The minimum Gasteiger partial charge on any atom is -0.459 e. The number of nitrogens with zero attached hydrogens (tertiary/aromatic N) is 1. The zero-order valence-corrected chi connectivity index (χ0v) is 8.75. The number of furan rings is 1. The van der Waals surface area contributed by atoms with Gasteiger partial charge in [-0.05, 0) is 18.6 Å². The monoisotopic (exact) mass is 235 g/mol. The zero-order valence-electron chi connectivity index (χ0n) is 8.75. The maximum atomic E-state index is 12.2. The number of rotatable bonds is 4. The molecule has 0 aliphatic rings. The number of carbonyl (C=O) groups excluding carboxylic acids is 1. The van der Waals surface area contributed by atoms with E-state index < -0.39 is 18.6 Å². The number of alkyl halides is 3. The highest BCUT2D eigenvalue weighted by molar-refractivity contribution is 5.91. The highest BCUT2D eigenvalue weighted by atomic mass is 19.4. The SMILES string of the molecule is CCCN(CC(F)(F)F)C(=O)c1ccco1. The molecule has 0 aliphatic carbocycles. The summed E-state index contributed by atoms with van der Waals surface area (Å²) in [5.74, 6) is -0.804. The molecule has 3 nitrogen and oxygen atoms in total. The van der Waals surface area contributed by atoms with E-state index in [1.165, 1.54) is 18.4 Å². The van der Waals surface area contributed by atoms with Crippen molar-refractivity contribution in [3.8, 4) is 0 Å². The predicted molar refractivity (Wildman–Crippen MR) is 51.0 cm³/mol. The summed E-state index contributed by atoms with van der Waals surface area (Å²) < 4.78 is 41.4. The van der Waals surface area contributed by atoms with Crippen molar-refractivity contribution in [2.45, 2.75) is 19.5 Å². The Kier molecular flexibility index (Phi) is 3.98. The average molecular weight is 235 g/mol. The van der Waals surface area contributed by atoms with Gasteiger partial charge in [-0.2, -0.15) is 13.2 Å². The van der Waals surface area contributed by atoms with Gasteiger partial charge in [-0.15, -0.1) is 0 Å². The smallest absolute Gasteiger partial charge is 0.406 e. The number of halogens is 3. The van der Waals surface area contributed by atoms with Crippen LogP contribution in [0.3, 0.4) is 0 Å². The summed E-state index contributed by atoms with van der Waals surface area (Å²) in [4.78, 5) is 12.3. The Morgan fingerprint density at radius 3 is 2.62 bits per heavy atom. The highest BCUT2D eigenvalue weighted by Crippen LogP contribution is 2.18. The molecule has 16 heavy (non-hydrogen) atoms. The molecule has 1 aromatic heterocycles. The molecule has 0 bridgehead atoms. The Hall–Kier alpha value is -1.46. The molecular formula is C10H12F3NO2. The molecule has 0 radical (unpaired) electrons. The van der Waals surface area contributed by atoms with Crippen molar-refractivity contribution in [3.05, 3.63) is 24.2 Å². The summed E-state index contributed by atoms with van der Waals surface area (Å²) in [5.41, 5.74) is 0. The molecule has 0 saturated heterocycles. The van der Waals surface area contributed by atoms with Crippen LogP contribution in [0.15, 0.2) is 22.8 Å². The second kappa shape index (κ2) is 5.05. The molecule has 0 unspecified atom stereocenters. The van der Waals surface area contributed by atoms with Crippen LogP contribution in [0.1, 0.15) is 23.9 Å². The molecule has 0 saturated carbocycles. The molecule has 0 atom stereocenters. The number of hydrogen-bond donors (Lipinski definition) is 0. The van der Waals surface area contributed by atoms with Gasteiger partial charge in [0.2, 0.25) is 0 Å². The number of carbonyl (C=O) groups is 1. The van der Waals surface area contributed by atoms with Crippen LogP contribution in [0.2, 0.25) is 0 Å². The van der Waals surface area contributed by atoms with Crippen LogP contribution in [0, 0.1) is 0 Å². The minimum absolute atomic E-state index is 0.0546. The number of amides is 1. The quantitative estimate of drug-likeness (QED) is 0.803. The Labute approximate surface area is 90.8 Å². The summed E-state index contributed by atoms with van der Waals surface area (Å²) in [6.07, 6.45) is -2.68. The summed E-state index contributed by atoms with van der Waals surface area (Å²) in [7, 11) is 0. The molecule has 0 N–H and O–H groups in total. The normalized spacial score (nSPS) is 11.5. The van der Waals surface area contributed by atoms with Crippen molar-refractivity contribution in [2.75, 3.05) is 13.1 Å². The molecule has 0 spiro atoms. The van der Waals surface area contributed by atoms with Crippen LogP contribution in [-0.4, -0.2) is 30.1 Å². The largest absolute Gasteiger partial charge is 0.459 e. The van der Waals surface area contributed by atoms with Crippen molar-refractivity contribution in [2.24, 2.45) is 0 Å².